The summed E-state index contributed by atoms with van der Waals surface area (Å²) < 4.78 is 12.0. The summed E-state index contributed by atoms with van der Waals surface area (Å²) in [6.07, 6.45) is 1.53. The first-order valence-electron chi connectivity index (χ1n) is 8.91. The summed E-state index contributed by atoms with van der Waals surface area (Å²) in [4.78, 5) is 28.1. The first-order chi connectivity index (χ1) is 14.0. The third kappa shape index (κ3) is 2.86. The highest BCUT2D eigenvalue weighted by Gasteiger charge is 2.43. The molecule has 0 fully saturated rings. The van der Waals surface area contributed by atoms with Crippen LogP contribution in [-0.2, 0) is 6.54 Å². The number of aromatic hydroxyl groups is 1. The number of carbonyl (C=O) groups is 1. The van der Waals surface area contributed by atoms with E-state index in [1.165, 1.54) is 17.2 Å². The van der Waals surface area contributed by atoms with Gasteiger partial charge >= 0.3 is 0 Å². The van der Waals surface area contributed by atoms with Crippen LogP contribution in [0, 0.1) is 0 Å². The van der Waals surface area contributed by atoms with Crippen LogP contribution < -0.4 is 5.43 Å². The molecule has 4 aromatic rings. The van der Waals surface area contributed by atoms with Crippen molar-refractivity contribution in [3.63, 3.8) is 0 Å². The molecule has 2 aromatic heterocycles. The van der Waals surface area contributed by atoms with Gasteiger partial charge in [0.1, 0.15) is 17.1 Å². The average Bonchev–Trinajstić information content (AvgIpc) is 3.31. The number of carbonyl (C=O) groups excluding carboxylic acids is 1. The summed E-state index contributed by atoms with van der Waals surface area (Å²) in [5, 5.41) is 10.4. The lowest BCUT2D eigenvalue weighted by molar-refractivity contribution is 0.0701. The number of hydrogen-bond donors (Lipinski definition) is 1. The standard InChI is InChI=1S/C22H14BrNO5/c23-13-6-7-17-16(10-13)20(26)18-19(12-3-1-4-14(25)9-12)24(22(27)21(18)29-17)11-15-5-2-8-28-15/h1-10,19,25H,11H2. The van der Waals surface area contributed by atoms with Gasteiger partial charge in [0, 0.05) is 4.47 Å². The van der Waals surface area contributed by atoms with Crippen molar-refractivity contribution in [1.29, 1.82) is 0 Å². The molecular formula is C22H14BrNO5. The molecule has 29 heavy (non-hydrogen) atoms. The van der Waals surface area contributed by atoms with Crippen LogP contribution in [0.2, 0.25) is 0 Å². The molecule has 6 nitrogen and oxygen atoms in total. The Morgan fingerprint density at radius 2 is 1.93 bits per heavy atom. The Morgan fingerprint density at radius 3 is 2.69 bits per heavy atom. The highest BCUT2D eigenvalue weighted by Crippen LogP contribution is 2.40. The number of benzene rings is 2. The van der Waals surface area contributed by atoms with Crippen molar-refractivity contribution < 1.29 is 18.7 Å². The maximum absolute atomic E-state index is 13.4. The van der Waals surface area contributed by atoms with Crippen molar-refractivity contribution in [2.24, 2.45) is 0 Å². The van der Waals surface area contributed by atoms with Gasteiger partial charge in [-0.15, -0.1) is 0 Å². The molecule has 0 bridgehead atoms. The van der Waals surface area contributed by atoms with Crippen LogP contribution in [-0.4, -0.2) is 15.9 Å². The summed E-state index contributed by atoms with van der Waals surface area (Å²) in [7, 11) is 0. The summed E-state index contributed by atoms with van der Waals surface area (Å²) in [6.45, 7) is 0.163. The molecule has 1 N–H and O–H groups in total. The summed E-state index contributed by atoms with van der Waals surface area (Å²) >= 11 is 3.38. The summed E-state index contributed by atoms with van der Waals surface area (Å²) in [6, 6.07) is 14.4. The van der Waals surface area contributed by atoms with E-state index in [-0.39, 0.29) is 29.0 Å². The Hall–Kier alpha value is -3.32. The van der Waals surface area contributed by atoms with Gasteiger partial charge in [0.05, 0.1) is 29.8 Å². The number of nitrogens with zero attached hydrogens (tertiary/aromatic N) is 1. The number of rotatable bonds is 3. The molecule has 0 radical (unpaired) electrons. The monoisotopic (exact) mass is 451 g/mol. The largest absolute Gasteiger partial charge is 0.508 e. The van der Waals surface area contributed by atoms with Crippen molar-refractivity contribution in [3.8, 4) is 5.75 Å². The number of phenols is 1. The molecule has 1 aliphatic heterocycles. The minimum Gasteiger partial charge on any atom is -0.508 e. The Labute approximate surface area is 173 Å². The second-order valence-corrected chi connectivity index (χ2v) is 7.74. The van der Waals surface area contributed by atoms with Gasteiger partial charge in [-0.1, -0.05) is 28.1 Å². The lowest BCUT2D eigenvalue weighted by atomic mass is 9.98. The fraction of sp³-hybridized carbons (Fsp3) is 0.0909. The first-order valence-corrected chi connectivity index (χ1v) is 9.71. The van der Waals surface area contributed by atoms with E-state index < -0.39 is 11.9 Å². The third-order valence-corrected chi connectivity index (χ3v) is 5.51. The average molecular weight is 452 g/mol. The van der Waals surface area contributed by atoms with Crippen molar-refractivity contribution in [1.82, 2.24) is 4.90 Å². The van der Waals surface area contributed by atoms with E-state index >= 15 is 0 Å². The number of amides is 1. The number of phenolic OH excluding ortho intramolecular Hbond substituents is 1. The van der Waals surface area contributed by atoms with E-state index in [0.29, 0.717) is 22.3 Å². The van der Waals surface area contributed by atoms with Crippen molar-refractivity contribution >= 4 is 32.8 Å². The molecule has 1 aliphatic rings. The van der Waals surface area contributed by atoms with Crippen LogP contribution in [0.1, 0.15) is 33.5 Å². The number of furan rings is 1. The lowest BCUT2D eigenvalue weighted by Crippen LogP contribution is -2.29. The Bertz CT molecular complexity index is 1310. The predicted molar refractivity (Wildman–Crippen MR) is 109 cm³/mol. The minimum atomic E-state index is -0.700. The van der Waals surface area contributed by atoms with Crippen LogP contribution in [0.25, 0.3) is 11.0 Å². The molecule has 2 aromatic carbocycles. The molecule has 144 valence electrons. The molecule has 0 saturated carbocycles. The van der Waals surface area contributed by atoms with Gasteiger partial charge in [0.25, 0.3) is 5.91 Å². The highest BCUT2D eigenvalue weighted by molar-refractivity contribution is 9.10. The summed E-state index contributed by atoms with van der Waals surface area (Å²) in [5.74, 6) is 0.252. The van der Waals surface area contributed by atoms with Gasteiger partial charge in [-0.25, -0.2) is 0 Å². The zero-order valence-corrected chi connectivity index (χ0v) is 16.5. The van der Waals surface area contributed by atoms with E-state index in [2.05, 4.69) is 15.9 Å². The zero-order valence-electron chi connectivity index (χ0n) is 15.0. The van der Waals surface area contributed by atoms with Gasteiger partial charge in [-0.3, -0.25) is 9.59 Å². The SMILES string of the molecule is O=C1c2oc3ccc(Br)cc3c(=O)c2C(c2cccc(O)c2)N1Cc1ccco1. The number of halogens is 1. The normalized spacial score (nSPS) is 15.8. The molecule has 7 heteroatoms. The predicted octanol–water partition coefficient (Wildman–Crippen LogP) is 4.60. The second kappa shape index (κ2) is 6.63. The minimum absolute atomic E-state index is 0.0183. The molecule has 1 atom stereocenters. The summed E-state index contributed by atoms with van der Waals surface area (Å²) in [5.41, 5.74) is 0.953. The topological polar surface area (TPSA) is 83.9 Å². The van der Waals surface area contributed by atoms with Crippen molar-refractivity contribution in [2.45, 2.75) is 12.6 Å². The number of hydrogen-bond acceptors (Lipinski definition) is 5. The van der Waals surface area contributed by atoms with Crippen LogP contribution >= 0.6 is 15.9 Å². The molecule has 1 unspecified atom stereocenters. The molecule has 5 rings (SSSR count). The van der Waals surface area contributed by atoms with E-state index in [0.717, 1.165) is 4.47 Å². The Kier molecular flexibility index (Phi) is 4.06. The van der Waals surface area contributed by atoms with Gasteiger partial charge in [0.2, 0.25) is 5.76 Å². The van der Waals surface area contributed by atoms with Gasteiger partial charge in [0.15, 0.2) is 5.43 Å². The molecule has 0 aliphatic carbocycles. The van der Waals surface area contributed by atoms with Gasteiger partial charge < -0.3 is 18.8 Å². The Morgan fingerprint density at radius 1 is 1.07 bits per heavy atom. The van der Waals surface area contributed by atoms with Crippen molar-refractivity contribution in [2.75, 3.05) is 0 Å². The van der Waals surface area contributed by atoms with E-state index in [9.17, 15) is 14.7 Å². The Balaban J connectivity index is 1.77. The molecular weight excluding hydrogens is 438 g/mol. The van der Waals surface area contributed by atoms with Crippen LogP contribution in [0.5, 0.6) is 5.75 Å². The maximum atomic E-state index is 13.4. The van der Waals surface area contributed by atoms with E-state index in [1.807, 2.05) is 0 Å². The lowest BCUT2D eigenvalue weighted by Gasteiger charge is -2.24. The molecule has 0 spiro atoms. The highest BCUT2D eigenvalue weighted by atomic mass is 79.9. The van der Waals surface area contributed by atoms with E-state index in [4.69, 9.17) is 8.83 Å². The molecule has 1 amide bonds. The van der Waals surface area contributed by atoms with Crippen LogP contribution in [0.4, 0.5) is 0 Å². The maximum Gasteiger partial charge on any atom is 0.291 e. The molecule has 3 heterocycles. The van der Waals surface area contributed by atoms with E-state index in [1.54, 1.807) is 48.5 Å². The van der Waals surface area contributed by atoms with Crippen molar-refractivity contribution in [3.05, 3.63) is 98.2 Å². The van der Waals surface area contributed by atoms with Gasteiger partial charge in [-0.05, 0) is 48.0 Å². The molecule has 0 saturated heterocycles. The smallest absolute Gasteiger partial charge is 0.291 e. The fourth-order valence-corrected chi connectivity index (χ4v) is 4.13. The third-order valence-electron chi connectivity index (χ3n) is 5.02. The van der Waals surface area contributed by atoms with Crippen LogP contribution in [0.15, 0.2) is 79.0 Å². The second-order valence-electron chi connectivity index (χ2n) is 6.82. The van der Waals surface area contributed by atoms with Gasteiger partial charge in [-0.2, -0.15) is 0 Å². The first kappa shape index (κ1) is 17.8. The quantitative estimate of drug-likeness (QED) is 0.491. The fourth-order valence-electron chi connectivity index (χ4n) is 3.77. The van der Waals surface area contributed by atoms with Crippen LogP contribution in [0.3, 0.4) is 0 Å². The number of fused-ring (bicyclic) bond motifs is 2. The zero-order chi connectivity index (χ0) is 20.1.